The Bertz CT molecular complexity index is 2020. The topological polar surface area (TPSA) is 134 Å². The van der Waals surface area contributed by atoms with Gasteiger partial charge in [0.25, 0.3) is 5.91 Å². The average Bonchev–Trinajstić information content (AvgIpc) is 4.11. The van der Waals surface area contributed by atoms with E-state index in [-0.39, 0.29) is 29.6 Å². The van der Waals surface area contributed by atoms with Gasteiger partial charge in [0, 0.05) is 52.3 Å². The summed E-state index contributed by atoms with van der Waals surface area (Å²) < 4.78 is 0. The van der Waals surface area contributed by atoms with Crippen LogP contribution in [-0.2, 0) is 28.9 Å². The second kappa shape index (κ2) is 22.8. The molecular weight excluding hydrogens is 802 g/mol. The lowest BCUT2D eigenvalue weighted by Crippen LogP contribution is -2.27. The van der Waals surface area contributed by atoms with E-state index in [1.165, 1.54) is 31.4 Å². The van der Waals surface area contributed by atoms with Gasteiger partial charge in [-0.15, -0.1) is 0 Å². The highest BCUT2D eigenvalue weighted by molar-refractivity contribution is 6.31. The van der Waals surface area contributed by atoms with Gasteiger partial charge < -0.3 is 10.2 Å². The molecule has 0 radical (unpaired) electrons. The molecule has 4 aromatic rings. The van der Waals surface area contributed by atoms with Crippen molar-refractivity contribution in [3.63, 3.8) is 0 Å². The van der Waals surface area contributed by atoms with Crippen molar-refractivity contribution in [2.75, 3.05) is 28.3 Å². The van der Waals surface area contributed by atoms with Crippen LogP contribution in [0.5, 0.6) is 0 Å². The molecule has 6 rings (SSSR count). The predicted octanol–water partition coefficient (Wildman–Crippen LogP) is 9.80. The standard InChI is InChI=1S/C12H14ClNO2.C11H12ClNO2.C10H9ClO2.C9H7ClO2/c1-14(16-2)12(15)11-7-10(11)8-4-3-5-9(13)6-8;1-13(15-2)11(14)7-6-9-4-3-5-10(12)8-9;11-7-3-1-2-6(4-7)8-5-9(8)10(12)13;10-8-3-1-2-7(6-8)4-5-9(11)12/h3-6,10-11H,7H2,1-2H3;3-8H,1-2H3;1-4,8-9H,5H2,(H,12,13);1-6H,(H,11,12)/b;7-6+;;5-4+. The summed E-state index contributed by atoms with van der Waals surface area (Å²) in [7, 11) is 6.11. The first-order valence-corrected chi connectivity index (χ1v) is 18.6. The minimum atomic E-state index is -0.963. The molecule has 0 aliphatic heterocycles. The molecule has 14 heteroatoms. The maximum atomic E-state index is 11.8. The molecule has 4 unspecified atom stereocenters. The van der Waals surface area contributed by atoms with E-state index in [2.05, 4.69) is 0 Å². The second-order valence-electron chi connectivity index (χ2n) is 12.5. The van der Waals surface area contributed by atoms with Gasteiger partial charge in [0.1, 0.15) is 0 Å². The molecule has 2 fully saturated rings. The third-order valence-electron chi connectivity index (χ3n) is 8.47. The zero-order valence-corrected chi connectivity index (χ0v) is 34.0. The van der Waals surface area contributed by atoms with Gasteiger partial charge in [-0.05, 0) is 108 Å². The maximum absolute atomic E-state index is 11.8. The summed E-state index contributed by atoms with van der Waals surface area (Å²) in [5, 5.41) is 22.1. The van der Waals surface area contributed by atoms with Crippen molar-refractivity contribution in [2.24, 2.45) is 11.8 Å². The summed E-state index contributed by atoms with van der Waals surface area (Å²) in [4.78, 5) is 53.4. The van der Waals surface area contributed by atoms with E-state index in [1.807, 2.05) is 54.6 Å². The minimum Gasteiger partial charge on any atom is -0.481 e. The van der Waals surface area contributed by atoms with E-state index < -0.39 is 11.9 Å². The Morgan fingerprint density at radius 2 is 1.02 bits per heavy atom. The molecule has 4 aromatic carbocycles. The fourth-order valence-electron chi connectivity index (χ4n) is 5.22. The fraction of sp³-hybridized carbons (Fsp3) is 0.238. The van der Waals surface area contributed by atoms with Crippen LogP contribution in [0.4, 0.5) is 0 Å². The number of benzene rings is 4. The molecule has 10 nitrogen and oxygen atoms in total. The molecule has 2 N–H and O–H groups in total. The number of carbonyl (C=O) groups excluding carboxylic acids is 2. The van der Waals surface area contributed by atoms with E-state index in [0.717, 1.165) is 51.3 Å². The number of hydrogen-bond donors (Lipinski definition) is 2. The number of hydrogen-bond acceptors (Lipinski definition) is 6. The Morgan fingerprint density at radius 3 is 1.41 bits per heavy atom. The zero-order chi connectivity index (χ0) is 41.4. The monoisotopic (exact) mass is 842 g/mol. The quantitative estimate of drug-likeness (QED) is 0.119. The Morgan fingerprint density at radius 1 is 0.607 bits per heavy atom. The van der Waals surface area contributed by atoms with E-state index in [4.69, 9.17) is 66.3 Å². The Labute approximate surface area is 346 Å². The second-order valence-corrected chi connectivity index (χ2v) is 14.2. The maximum Gasteiger partial charge on any atom is 0.328 e. The molecule has 0 aromatic heterocycles. The van der Waals surface area contributed by atoms with Gasteiger partial charge in [0.15, 0.2) is 0 Å². The van der Waals surface area contributed by atoms with Crippen LogP contribution in [0.3, 0.4) is 0 Å². The molecule has 2 aliphatic carbocycles. The van der Waals surface area contributed by atoms with Crippen LogP contribution in [0, 0.1) is 11.8 Å². The fourth-order valence-corrected chi connectivity index (χ4v) is 6.02. The molecule has 2 saturated carbocycles. The van der Waals surface area contributed by atoms with E-state index in [0.29, 0.717) is 21.0 Å². The first-order valence-electron chi connectivity index (χ1n) is 17.1. The normalized spacial score (nSPS) is 17.6. The summed E-state index contributed by atoms with van der Waals surface area (Å²) in [6, 6.07) is 29.3. The molecular formula is C42H42Cl4N2O8. The zero-order valence-electron chi connectivity index (χ0n) is 31.0. The van der Waals surface area contributed by atoms with Crippen molar-refractivity contribution < 1.29 is 39.1 Å². The SMILES string of the molecule is CON(C)C(=O)/C=C/c1cccc(Cl)c1.CON(C)C(=O)C1CC1c1cccc(Cl)c1.O=C(O)/C=C/c1cccc(Cl)c1.O=C(O)C1CC1c1cccc(Cl)c1. The van der Waals surface area contributed by atoms with Crippen LogP contribution < -0.4 is 0 Å². The number of hydroxylamine groups is 4. The summed E-state index contributed by atoms with van der Waals surface area (Å²) in [6.45, 7) is 0. The van der Waals surface area contributed by atoms with Gasteiger partial charge in [0.05, 0.1) is 20.1 Å². The van der Waals surface area contributed by atoms with Gasteiger partial charge in [-0.2, -0.15) is 0 Å². The number of carboxylic acids is 2. The van der Waals surface area contributed by atoms with Crippen molar-refractivity contribution in [2.45, 2.75) is 24.7 Å². The first-order chi connectivity index (χ1) is 26.6. The first kappa shape index (κ1) is 45.7. The Balaban J connectivity index is 0.000000201. The molecule has 0 bridgehead atoms. The van der Waals surface area contributed by atoms with Crippen LogP contribution in [0.15, 0.2) is 109 Å². The number of nitrogens with zero attached hydrogens (tertiary/aromatic N) is 2. The Hall–Kier alpha value is -4.68. The molecule has 56 heavy (non-hydrogen) atoms. The number of likely N-dealkylation sites (N-methyl/N-ethyl adjacent to an activating group) is 1. The third kappa shape index (κ3) is 15.8. The van der Waals surface area contributed by atoms with Crippen molar-refractivity contribution in [1.82, 2.24) is 10.1 Å². The largest absolute Gasteiger partial charge is 0.481 e. The summed E-state index contributed by atoms with van der Waals surface area (Å²) in [6.07, 6.45) is 7.31. The van der Waals surface area contributed by atoms with Gasteiger partial charge in [-0.1, -0.05) is 94.9 Å². The molecule has 2 aliphatic rings. The predicted molar refractivity (Wildman–Crippen MR) is 220 cm³/mol. The van der Waals surface area contributed by atoms with Gasteiger partial charge in [0.2, 0.25) is 5.91 Å². The van der Waals surface area contributed by atoms with Gasteiger partial charge in [-0.25, -0.2) is 14.9 Å². The lowest BCUT2D eigenvalue weighted by molar-refractivity contribution is -0.170. The van der Waals surface area contributed by atoms with Crippen LogP contribution in [0.25, 0.3) is 12.2 Å². The lowest BCUT2D eigenvalue weighted by Gasteiger charge is -2.13. The van der Waals surface area contributed by atoms with Crippen LogP contribution in [0.1, 0.15) is 46.9 Å². The van der Waals surface area contributed by atoms with Gasteiger partial charge >= 0.3 is 11.9 Å². The summed E-state index contributed by atoms with van der Waals surface area (Å²) >= 11 is 23.2. The number of aliphatic carboxylic acids is 2. The van der Waals surface area contributed by atoms with Crippen LogP contribution in [-0.4, -0.2) is 72.4 Å². The summed E-state index contributed by atoms with van der Waals surface area (Å²) in [5.74, 6) is -1.54. The molecule has 4 atom stereocenters. The smallest absolute Gasteiger partial charge is 0.328 e. The molecule has 2 amide bonds. The third-order valence-corrected chi connectivity index (χ3v) is 9.41. The van der Waals surface area contributed by atoms with Crippen molar-refractivity contribution in [1.29, 1.82) is 0 Å². The highest BCUT2D eigenvalue weighted by Crippen LogP contribution is 2.49. The number of carbonyl (C=O) groups is 4. The van der Waals surface area contributed by atoms with E-state index in [9.17, 15) is 19.2 Å². The van der Waals surface area contributed by atoms with Crippen molar-refractivity contribution in [3.8, 4) is 0 Å². The highest BCUT2D eigenvalue weighted by atomic mass is 35.5. The number of halogens is 4. The Kier molecular flexibility index (Phi) is 18.6. The molecule has 296 valence electrons. The highest BCUT2D eigenvalue weighted by Gasteiger charge is 2.45. The molecule has 0 saturated heterocycles. The van der Waals surface area contributed by atoms with Crippen LogP contribution >= 0.6 is 46.4 Å². The molecule has 0 spiro atoms. The summed E-state index contributed by atoms with van der Waals surface area (Å²) in [5.41, 5.74) is 3.83. The van der Waals surface area contributed by atoms with E-state index >= 15 is 0 Å². The number of amides is 2. The number of carboxylic acid groups (broad SMARTS) is 2. The van der Waals surface area contributed by atoms with Crippen molar-refractivity contribution >= 4 is 82.3 Å². The van der Waals surface area contributed by atoms with Crippen LogP contribution in [0.2, 0.25) is 20.1 Å². The minimum absolute atomic E-state index is 0.0347. The van der Waals surface area contributed by atoms with E-state index in [1.54, 1.807) is 62.6 Å². The van der Waals surface area contributed by atoms with Gasteiger partial charge in [-0.3, -0.25) is 24.1 Å². The molecule has 0 heterocycles. The average molecular weight is 845 g/mol. The number of rotatable bonds is 10. The lowest BCUT2D eigenvalue weighted by atomic mass is 10.1. The van der Waals surface area contributed by atoms with Crippen molar-refractivity contribution in [3.05, 3.63) is 152 Å².